The molecule has 0 aliphatic heterocycles. The van der Waals surface area contributed by atoms with Crippen LogP contribution in [0.25, 0.3) is 97.0 Å². The molecule has 0 radical (unpaired) electrons. The number of hydrogen-bond donors (Lipinski definition) is 0. The average Bonchev–Trinajstić information content (AvgIpc) is 3.98. The summed E-state index contributed by atoms with van der Waals surface area (Å²) in [5.74, 6) is -0.643. The van der Waals surface area contributed by atoms with Crippen LogP contribution >= 0.6 is 11.3 Å². The number of fused-ring (bicyclic) bond motifs is 15. The lowest BCUT2D eigenvalue weighted by atomic mass is 9.66. The molecule has 0 fully saturated rings. The number of rotatable bonds is 4. The summed E-state index contributed by atoms with van der Waals surface area (Å²) in [6, 6.07) is 65.7. The standard InChI is InChI=1S/C57H32F2OS/c58-38-24-20-36(21-25-38)57(37-22-26-39(59)27-23-37)48-32-46(33-10-2-1-3-11-33)52-45-15-6-8-16-49(45)60-56(52)54(48)53-43-14-5-4-12-40(43)47-30-34(19-29-44(47)55(53)57)35-18-28-42-41-13-7-9-17-50(41)61-51(42)31-35/h1-32H. The van der Waals surface area contributed by atoms with Crippen LogP contribution in [0.15, 0.2) is 199 Å². The van der Waals surface area contributed by atoms with Gasteiger partial charge in [-0.25, -0.2) is 8.78 Å². The van der Waals surface area contributed by atoms with E-state index >= 15 is 8.78 Å². The van der Waals surface area contributed by atoms with Gasteiger partial charge in [-0.2, -0.15) is 0 Å². The second-order valence-corrected chi connectivity index (χ2v) is 17.2. The Hall–Kier alpha value is -7.40. The lowest BCUT2D eigenvalue weighted by molar-refractivity contribution is 0.622. The molecule has 10 aromatic carbocycles. The van der Waals surface area contributed by atoms with Gasteiger partial charge >= 0.3 is 0 Å². The molecule has 2 heterocycles. The Morgan fingerprint density at radius 1 is 0.410 bits per heavy atom. The zero-order chi connectivity index (χ0) is 40.4. The van der Waals surface area contributed by atoms with Gasteiger partial charge in [-0.15, -0.1) is 11.3 Å². The predicted octanol–water partition coefficient (Wildman–Crippen LogP) is 16.2. The highest BCUT2D eigenvalue weighted by atomic mass is 32.1. The van der Waals surface area contributed by atoms with Gasteiger partial charge in [0, 0.05) is 36.5 Å². The molecule has 0 saturated carbocycles. The van der Waals surface area contributed by atoms with Crippen LogP contribution in [0.1, 0.15) is 22.3 Å². The summed E-state index contributed by atoms with van der Waals surface area (Å²) in [6.07, 6.45) is 0. The summed E-state index contributed by atoms with van der Waals surface area (Å²) < 4.78 is 39.9. The largest absolute Gasteiger partial charge is 0.455 e. The molecule has 4 heteroatoms. The van der Waals surface area contributed by atoms with E-state index in [1.165, 1.54) is 20.2 Å². The molecule has 12 aromatic rings. The fourth-order valence-corrected chi connectivity index (χ4v) is 11.7. The van der Waals surface area contributed by atoms with Crippen LogP contribution in [0.2, 0.25) is 0 Å². The Balaban J connectivity index is 1.22. The quantitative estimate of drug-likeness (QED) is 0.162. The normalized spacial score (nSPS) is 13.2. The van der Waals surface area contributed by atoms with Gasteiger partial charge in [-0.1, -0.05) is 140 Å². The fourth-order valence-electron chi connectivity index (χ4n) is 10.5. The smallest absolute Gasteiger partial charge is 0.144 e. The number of furan rings is 1. The minimum Gasteiger partial charge on any atom is -0.455 e. The van der Waals surface area contributed by atoms with Crippen molar-refractivity contribution in [3.8, 4) is 33.4 Å². The summed E-state index contributed by atoms with van der Waals surface area (Å²) >= 11 is 1.82. The van der Waals surface area contributed by atoms with Gasteiger partial charge in [0.25, 0.3) is 0 Å². The monoisotopic (exact) mass is 802 g/mol. The third-order valence-electron chi connectivity index (χ3n) is 13.1. The first-order chi connectivity index (χ1) is 30.1. The minimum atomic E-state index is -1.01. The van der Waals surface area contributed by atoms with E-state index in [2.05, 4.69) is 127 Å². The molecule has 0 N–H and O–H groups in total. The number of para-hydroxylation sites is 1. The van der Waals surface area contributed by atoms with Crippen LogP contribution in [0, 0.1) is 11.6 Å². The number of halogens is 2. The van der Waals surface area contributed by atoms with Crippen molar-refractivity contribution in [2.45, 2.75) is 5.41 Å². The Labute approximate surface area is 353 Å². The molecule has 0 unspecified atom stereocenters. The lowest BCUT2D eigenvalue weighted by Gasteiger charge is -2.35. The van der Waals surface area contributed by atoms with E-state index in [4.69, 9.17) is 4.42 Å². The van der Waals surface area contributed by atoms with Gasteiger partial charge in [0.2, 0.25) is 0 Å². The van der Waals surface area contributed by atoms with E-state index in [-0.39, 0.29) is 11.6 Å². The average molecular weight is 803 g/mol. The highest BCUT2D eigenvalue weighted by Gasteiger charge is 2.50. The lowest BCUT2D eigenvalue weighted by Crippen LogP contribution is -2.29. The van der Waals surface area contributed by atoms with Crippen molar-refractivity contribution in [3.05, 3.63) is 228 Å². The summed E-state index contributed by atoms with van der Waals surface area (Å²) in [7, 11) is 0. The van der Waals surface area contributed by atoms with E-state index < -0.39 is 5.41 Å². The maximum absolute atomic E-state index is 15.1. The van der Waals surface area contributed by atoms with Gasteiger partial charge in [0.15, 0.2) is 0 Å². The van der Waals surface area contributed by atoms with Crippen LogP contribution in [0.3, 0.4) is 0 Å². The summed E-state index contributed by atoms with van der Waals surface area (Å²) in [4.78, 5) is 0. The fraction of sp³-hybridized carbons (Fsp3) is 0.0175. The van der Waals surface area contributed by atoms with Gasteiger partial charge < -0.3 is 4.42 Å². The van der Waals surface area contributed by atoms with Crippen LogP contribution < -0.4 is 0 Å². The number of benzene rings is 10. The number of thiophene rings is 1. The van der Waals surface area contributed by atoms with E-state index in [9.17, 15) is 0 Å². The minimum absolute atomic E-state index is 0.322. The molecule has 286 valence electrons. The van der Waals surface area contributed by atoms with Gasteiger partial charge in [-0.05, 0) is 126 Å². The molecule has 0 bridgehead atoms. The van der Waals surface area contributed by atoms with Crippen molar-refractivity contribution in [1.29, 1.82) is 0 Å². The predicted molar refractivity (Wildman–Crippen MR) is 250 cm³/mol. The summed E-state index contributed by atoms with van der Waals surface area (Å²) in [5, 5.41) is 9.00. The Morgan fingerprint density at radius 3 is 1.74 bits per heavy atom. The summed E-state index contributed by atoms with van der Waals surface area (Å²) in [6.45, 7) is 0. The molecule has 2 aromatic heterocycles. The van der Waals surface area contributed by atoms with Crippen molar-refractivity contribution in [2.24, 2.45) is 0 Å². The topological polar surface area (TPSA) is 13.1 Å². The molecular formula is C57H32F2OS. The highest BCUT2D eigenvalue weighted by molar-refractivity contribution is 7.25. The van der Waals surface area contributed by atoms with E-state index in [1.54, 1.807) is 24.3 Å². The Morgan fingerprint density at radius 2 is 1.00 bits per heavy atom. The molecule has 13 rings (SSSR count). The SMILES string of the molecule is Fc1ccc(C2(c3ccc(F)cc3)c3cc(-c4ccccc4)c4c(oc5ccccc54)c3-c3c2c2ccc(-c4ccc5c(c4)sc4ccccc45)cc2c2ccccc32)cc1. The zero-order valence-corrected chi connectivity index (χ0v) is 33.4. The highest BCUT2D eigenvalue weighted by Crippen LogP contribution is 2.63. The number of hydrogen-bond acceptors (Lipinski definition) is 2. The van der Waals surface area contributed by atoms with Crippen molar-refractivity contribution in [3.63, 3.8) is 0 Å². The van der Waals surface area contributed by atoms with Crippen molar-refractivity contribution < 1.29 is 13.2 Å². The molecule has 61 heavy (non-hydrogen) atoms. The van der Waals surface area contributed by atoms with Gasteiger partial charge in [-0.3, -0.25) is 0 Å². The van der Waals surface area contributed by atoms with Crippen LogP contribution in [-0.2, 0) is 5.41 Å². The third-order valence-corrected chi connectivity index (χ3v) is 14.2. The molecule has 0 spiro atoms. The molecule has 0 atom stereocenters. The third kappa shape index (κ3) is 4.79. The first kappa shape index (κ1) is 34.5. The first-order valence-corrected chi connectivity index (χ1v) is 21.3. The molecule has 1 aliphatic carbocycles. The van der Waals surface area contributed by atoms with Crippen molar-refractivity contribution >= 4 is 75.0 Å². The van der Waals surface area contributed by atoms with Gasteiger partial charge in [0.1, 0.15) is 22.8 Å². The maximum Gasteiger partial charge on any atom is 0.144 e. The van der Waals surface area contributed by atoms with E-state index in [0.717, 1.165) is 99.1 Å². The summed E-state index contributed by atoms with van der Waals surface area (Å²) in [5.41, 5.74) is 10.8. The van der Waals surface area contributed by atoms with Crippen LogP contribution in [0.4, 0.5) is 8.78 Å². The second kappa shape index (κ2) is 12.8. The first-order valence-electron chi connectivity index (χ1n) is 20.5. The maximum atomic E-state index is 15.1. The molecule has 0 saturated heterocycles. The van der Waals surface area contributed by atoms with Gasteiger partial charge in [0.05, 0.1) is 5.41 Å². The molecule has 1 nitrogen and oxygen atoms in total. The molecule has 1 aliphatic rings. The van der Waals surface area contributed by atoms with E-state index in [1.807, 2.05) is 53.8 Å². The Bertz CT molecular complexity index is 3720. The molecular weight excluding hydrogens is 771 g/mol. The molecule has 0 amide bonds. The van der Waals surface area contributed by atoms with Crippen LogP contribution in [0.5, 0.6) is 0 Å². The van der Waals surface area contributed by atoms with E-state index in [0.29, 0.717) is 0 Å². The second-order valence-electron chi connectivity index (χ2n) is 16.1. The van der Waals surface area contributed by atoms with Crippen molar-refractivity contribution in [1.82, 2.24) is 0 Å². The van der Waals surface area contributed by atoms with Crippen molar-refractivity contribution in [2.75, 3.05) is 0 Å². The zero-order valence-electron chi connectivity index (χ0n) is 32.5. The Kier molecular flexibility index (Phi) is 7.23. The van der Waals surface area contributed by atoms with Crippen LogP contribution in [-0.4, -0.2) is 0 Å².